The molecule has 1 aromatic heterocycles. The van der Waals surface area contributed by atoms with E-state index in [1.54, 1.807) is 24.3 Å². The molecule has 178 valence electrons. The molecule has 0 spiro atoms. The molecule has 3 aromatic rings. The summed E-state index contributed by atoms with van der Waals surface area (Å²) in [4.78, 5) is 36.7. The fraction of sp³-hybridized carbons (Fsp3) is 0.261. The number of nitrogens with zero attached hydrogens (tertiary/aromatic N) is 3. The van der Waals surface area contributed by atoms with Gasteiger partial charge in [-0.3, -0.25) is 18.7 Å². The zero-order valence-electron chi connectivity index (χ0n) is 18.5. The van der Waals surface area contributed by atoms with Gasteiger partial charge < -0.3 is 4.74 Å². The summed E-state index contributed by atoms with van der Waals surface area (Å²) < 4.78 is 49.5. The van der Waals surface area contributed by atoms with Crippen LogP contribution in [0.3, 0.4) is 0 Å². The van der Waals surface area contributed by atoms with E-state index in [9.17, 15) is 27.2 Å². The van der Waals surface area contributed by atoms with Crippen molar-refractivity contribution in [1.29, 1.82) is 0 Å². The Hall–Kier alpha value is -3.57. The summed E-state index contributed by atoms with van der Waals surface area (Å²) in [6.07, 6.45) is 0.0260. The molecule has 0 saturated heterocycles. The van der Waals surface area contributed by atoms with E-state index in [1.165, 1.54) is 36.9 Å². The highest BCUT2D eigenvalue weighted by atomic mass is 32.2. The molecule has 2 heterocycles. The number of esters is 1. The van der Waals surface area contributed by atoms with Gasteiger partial charge in [0.25, 0.3) is 5.56 Å². The van der Waals surface area contributed by atoms with Gasteiger partial charge >= 0.3 is 11.7 Å². The molecule has 0 fully saturated rings. The van der Waals surface area contributed by atoms with E-state index in [-0.39, 0.29) is 18.7 Å². The Kier molecular flexibility index (Phi) is 6.24. The van der Waals surface area contributed by atoms with Crippen LogP contribution in [0, 0.1) is 5.82 Å². The van der Waals surface area contributed by atoms with Gasteiger partial charge in [0.2, 0.25) is 10.0 Å². The van der Waals surface area contributed by atoms with Crippen molar-refractivity contribution in [3.8, 4) is 0 Å². The highest BCUT2D eigenvalue weighted by molar-refractivity contribution is 7.89. The lowest BCUT2D eigenvalue weighted by Gasteiger charge is -2.34. The zero-order chi connectivity index (χ0) is 24.6. The van der Waals surface area contributed by atoms with Crippen LogP contribution in [0.1, 0.15) is 16.8 Å². The van der Waals surface area contributed by atoms with Crippen LogP contribution >= 0.6 is 0 Å². The average molecular weight is 488 g/mol. The van der Waals surface area contributed by atoms with Crippen LogP contribution in [0.4, 0.5) is 4.39 Å². The third-order valence-electron chi connectivity index (χ3n) is 5.89. The molecular weight excluding hydrogens is 465 g/mol. The normalized spacial score (nSPS) is 16.1. The second-order valence-corrected chi connectivity index (χ2v) is 9.81. The average Bonchev–Trinajstić information content (AvgIpc) is 2.83. The quantitative estimate of drug-likeness (QED) is 0.499. The SMILES string of the molecule is Cn1c(COC(=O)C2Cc3ccccc3CN2S(=O)(=O)c2ccccc2F)cc(=O)n(C)c1=O. The van der Waals surface area contributed by atoms with E-state index >= 15 is 0 Å². The van der Waals surface area contributed by atoms with Gasteiger partial charge in [0.15, 0.2) is 0 Å². The van der Waals surface area contributed by atoms with E-state index in [4.69, 9.17) is 4.74 Å². The maximum atomic E-state index is 14.4. The van der Waals surface area contributed by atoms with E-state index in [2.05, 4.69) is 0 Å². The molecule has 9 nitrogen and oxygen atoms in total. The number of ether oxygens (including phenoxy) is 1. The molecule has 0 aliphatic carbocycles. The van der Waals surface area contributed by atoms with Gasteiger partial charge in [0, 0.05) is 33.1 Å². The van der Waals surface area contributed by atoms with Gasteiger partial charge in [-0.2, -0.15) is 4.31 Å². The Morgan fingerprint density at radius 1 is 1.03 bits per heavy atom. The summed E-state index contributed by atoms with van der Waals surface area (Å²) in [6, 6.07) is 11.9. The third kappa shape index (κ3) is 4.19. The molecule has 0 bridgehead atoms. The minimum atomic E-state index is -4.39. The van der Waals surface area contributed by atoms with Crippen molar-refractivity contribution in [1.82, 2.24) is 13.4 Å². The van der Waals surface area contributed by atoms with Crippen LogP contribution in [0.25, 0.3) is 0 Å². The van der Waals surface area contributed by atoms with Crippen molar-refractivity contribution in [2.45, 2.75) is 30.5 Å². The Bertz CT molecular complexity index is 1500. The number of fused-ring (bicyclic) bond motifs is 1. The van der Waals surface area contributed by atoms with Crippen LogP contribution in [0.5, 0.6) is 0 Å². The summed E-state index contributed by atoms with van der Waals surface area (Å²) in [5.41, 5.74) is 0.463. The molecule has 0 amide bonds. The molecule has 1 atom stereocenters. The lowest BCUT2D eigenvalue weighted by atomic mass is 9.96. The lowest BCUT2D eigenvalue weighted by Crippen LogP contribution is -2.49. The number of sulfonamides is 1. The first-order valence-electron chi connectivity index (χ1n) is 10.4. The first-order valence-corrected chi connectivity index (χ1v) is 11.8. The van der Waals surface area contributed by atoms with Crippen LogP contribution < -0.4 is 11.2 Å². The standard InChI is InChI=1S/C23H22FN3O6S/c1-25-17(12-21(28)26(2)23(25)30)14-33-22(29)19-11-15-7-3-4-8-16(15)13-27(19)34(31,32)20-10-6-5-9-18(20)24/h3-10,12,19H,11,13-14H2,1-2H3. The van der Waals surface area contributed by atoms with Crippen molar-refractivity contribution in [3.05, 3.63) is 98.1 Å². The minimum Gasteiger partial charge on any atom is -0.458 e. The van der Waals surface area contributed by atoms with E-state index in [0.29, 0.717) is 5.56 Å². The Balaban J connectivity index is 1.68. The smallest absolute Gasteiger partial charge is 0.330 e. The number of carbonyl (C=O) groups excluding carboxylic acids is 1. The number of hydrogen-bond donors (Lipinski definition) is 0. The number of rotatable bonds is 5. The number of carbonyl (C=O) groups is 1. The summed E-state index contributed by atoms with van der Waals surface area (Å²) in [5.74, 6) is -1.80. The predicted octanol–water partition coefficient (Wildman–Crippen LogP) is 1.08. The van der Waals surface area contributed by atoms with E-state index in [1.807, 2.05) is 0 Å². The van der Waals surface area contributed by atoms with E-state index < -0.39 is 50.6 Å². The largest absolute Gasteiger partial charge is 0.458 e. The van der Waals surface area contributed by atoms with Crippen molar-refractivity contribution in [2.24, 2.45) is 14.1 Å². The number of halogens is 1. The molecule has 11 heteroatoms. The number of aromatic nitrogens is 2. The van der Waals surface area contributed by atoms with Gasteiger partial charge in [0.05, 0.1) is 5.69 Å². The van der Waals surface area contributed by atoms with Gasteiger partial charge in [-0.1, -0.05) is 36.4 Å². The van der Waals surface area contributed by atoms with Crippen molar-refractivity contribution in [3.63, 3.8) is 0 Å². The topological polar surface area (TPSA) is 108 Å². The molecule has 1 aliphatic heterocycles. The summed E-state index contributed by atoms with van der Waals surface area (Å²) in [5, 5.41) is 0. The van der Waals surface area contributed by atoms with Crippen LogP contribution in [0.2, 0.25) is 0 Å². The van der Waals surface area contributed by atoms with Gasteiger partial charge in [-0.25, -0.2) is 17.6 Å². The highest BCUT2D eigenvalue weighted by Crippen LogP contribution is 2.30. The molecule has 1 aliphatic rings. The molecule has 1 unspecified atom stereocenters. The maximum Gasteiger partial charge on any atom is 0.330 e. The van der Waals surface area contributed by atoms with Crippen LogP contribution in [-0.2, 0) is 53.2 Å². The minimum absolute atomic E-state index is 0.0260. The first kappa shape index (κ1) is 23.6. The summed E-state index contributed by atoms with van der Waals surface area (Å²) in [7, 11) is -1.64. The van der Waals surface area contributed by atoms with Gasteiger partial charge in [-0.05, 0) is 23.3 Å². The Labute approximate surface area is 194 Å². The highest BCUT2D eigenvalue weighted by Gasteiger charge is 2.41. The molecule has 2 aromatic carbocycles. The molecule has 4 rings (SSSR count). The monoisotopic (exact) mass is 487 g/mol. The summed E-state index contributed by atoms with van der Waals surface area (Å²) in [6.45, 7) is -0.552. The molecule has 0 radical (unpaired) electrons. The fourth-order valence-corrected chi connectivity index (χ4v) is 5.51. The number of benzene rings is 2. The third-order valence-corrected chi connectivity index (χ3v) is 7.78. The second kappa shape index (κ2) is 8.99. The maximum absolute atomic E-state index is 14.4. The van der Waals surface area contributed by atoms with Gasteiger partial charge in [-0.15, -0.1) is 0 Å². The second-order valence-electron chi connectivity index (χ2n) is 7.95. The van der Waals surface area contributed by atoms with E-state index in [0.717, 1.165) is 26.6 Å². The predicted molar refractivity (Wildman–Crippen MR) is 120 cm³/mol. The Morgan fingerprint density at radius 2 is 1.68 bits per heavy atom. The summed E-state index contributed by atoms with van der Waals surface area (Å²) >= 11 is 0. The van der Waals surface area contributed by atoms with Crippen molar-refractivity contribution >= 4 is 16.0 Å². The van der Waals surface area contributed by atoms with Crippen molar-refractivity contribution in [2.75, 3.05) is 0 Å². The fourth-order valence-electron chi connectivity index (χ4n) is 3.89. The zero-order valence-corrected chi connectivity index (χ0v) is 19.3. The first-order chi connectivity index (χ1) is 16.1. The van der Waals surface area contributed by atoms with Crippen LogP contribution in [0.15, 0.2) is 69.1 Å². The molecule has 34 heavy (non-hydrogen) atoms. The molecule has 0 saturated carbocycles. The number of hydrogen-bond acceptors (Lipinski definition) is 6. The van der Waals surface area contributed by atoms with Gasteiger partial charge in [0.1, 0.15) is 23.4 Å². The van der Waals surface area contributed by atoms with Crippen LogP contribution in [-0.4, -0.2) is 33.9 Å². The Morgan fingerprint density at radius 3 is 2.38 bits per heavy atom. The lowest BCUT2D eigenvalue weighted by molar-refractivity contribution is -0.150. The molecular formula is C23H22FN3O6S. The van der Waals surface area contributed by atoms with Crippen molar-refractivity contribution < 1.29 is 22.3 Å². The molecule has 0 N–H and O–H groups in total.